The van der Waals surface area contributed by atoms with Gasteiger partial charge in [0.25, 0.3) is 5.92 Å². The van der Waals surface area contributed by atoms with Crippen LogP contribution in [-0.4, -0.2) is 25.6 Å². The molecule has 0 aromatic carbocycles. The number of nitrogens with two attached hydrogens (primary N) is 1. The van der Waals surface area contributed by atoms with Crippen molar-refractivity contribution in [3.05, 3.63) is 0 Å². The summed E-state index contributed by atoms with van der Waals surface area (Å²) in [5.41, 5.74) is 5.16. The van der Waals surface area contributed by atoms with E-state index < -0.39 is 11.8 Å². The summed E-state index contributed by atoms with van der Waals surface area (Å²) in [5.74, 6) is -3.21. The Bertz CT molecular complexity index is 116. The Balaban J connectivity index is 2.51. The van der Waals surface area contributed by atoms with Crippen LogP contribution in [0.1, 0.15) is 6.42 Å². The third-order valence-electron chi connectivity index (χ3n) is 1.91. The Morgan fingerprint density at radius 1 is 1.60 bits per heavy atom. The normalized spacial score (nSPS) is 32.1. The van der Waals surface area contributed by atoms with Gasteiger partial charge in [-0.25, -0.2) is 8.78 Å². The molecule has 0 unspecified atom stereocenters. The first-order valence-corrected chi connectivity index (χ1v) is 3.45. The first-order chi connectivity index (χ1) is 4.67. The summed E-state index contributed by atoms with van der Waals surface area (Å²) in [7, 11) is 0. The highest BCUT2D eigenvalue weighted by Gasteiger charge is 2.40. The maximum absolute atomic E-state index is 12.7. The van der Waals surface area contributed by atoms with Crippen molar-refractivity contribution in [1.29, 1.82) is 0 Å². The molecule has 4 heteroatoms. The van der Waals surface area contributed by atoms with E-state index in [1.54, 1.807) is 0 Å². The Kier molecular flexibility index (Phi) is 2.21. The summed E-state index contributed by atoms with van der Waals surface area (Å²) in [6.07, 6.45) is -0.0745. The lowest BCUT2D eigenvalue weighted by molar-refractivity contribution is -0.0742. The zero-order chi connectivity index (χ0) is 7.61. The molecule has 0 bridgehead atoms. The van der Waals surface area contributed by atoms with Gasteiger partial charge in [0.1, 0.15) is 0 Å². The smallest absolute Gasteiger partial charge is 0.254 e. The molecular formula is C6H12F2N2. The predicted octanol–water partition coefficient (Wildman–Crippen LogP) is 0.190. The van der Waals surface area contributed by atoms with Gasteiger partial charge in [-0.05, 0) is 0 Å². The summed E-state index contributed by atoms with van der Waals surface area (Å²) in [6, 6.07) is 0. The lowest BCUT2D eigenvalue weighted by Crippen LogP contribution is -2.47. The average molecular weight is 150 g/mol. The van der Waals surface area contributed by atoms with E-state index in [4.69, 9.17) is 5.73 Å². The van der Waals surface area contributed by atoms with Crippen molar-refractivity contribution in [2.45, 2.75) is 12.3 Å². The molecule has 1 fully saturated rings. The number of alkyl halides is 2. The van der Waals surface area contributed by atoms with Crippen LogP contribution >= 0.6 is 0 Å². The van der Waals surface area contributed by atoms with E-state index in [1.807, 2.05) is 0 Å². The molecular weight excluding hydrogens is 138 g/mol. The first-order valence-electron chi connectivity index (χ1n) is 3.45. The minimum Gasteiger partial charge on any atom is -0.330 e. The van der Waals surface area contributed by atoms with Crippen LogP contribution in [0.5, 0.6) is 0 Å². The fourth-order valence-corrected chi connectivity index (χ4v) is 1.14. The summed E-state index contributed by atoms with van der Waals surface area (Å²) < 4.78 is 25.5. The number of piperidine rings is 1. The standard InChI is InChI=1S/C6H12F2N2/c7-6(8)1-2-10-4-5(6)3-9/h5,10H,1-4,9H2/t5-/m0/s1. The average Bonchev–Trinajstić information content (AvgIpc) is 1.87. The van der Waals surface area contributed by atoms with Crippen LogP contribution in [0, 0.1) is 5.92 Å². The molecule has 1 saturated heterocycles. The van der Waals surface area contributed by atoms with Gasteiger partial charge in [0.2, 0.25) is 0 Å². The summed E-state index contributed by atoms with van der Waals surface area (Å²) >= 11 is 0. The molecule has 1 heterocycles. The van der Waals surface area contributed by atoms with E-state index in [0.717, 1.165) is 0 Å². The highest BCUT2D eigenvalue weighted by atomic mass is 19.3. The molecule has 0 aliphatic carbocycles. The molecule has 0 saturated carbocycles. The highest BCUT2D eigenvalue weighted by molar-refractivity contribution is 4.84. The number of hydrogen-bond acceptors (Lipinski definition) is 2. The highest BCUT2D eigenvalue weighted by Crippen LogP contribution is 2.29. The molecule has 0 aromatic heterocycles. The maximum Gasteiger partial charge on any atom is 0.254 e. The van der Waals surface area contributed by atoms with Gasteiger partial charge in [-0.1, -0.05) is 0 Å². The van der Waals surface area contributed by atoms with E-state index in [1.165, 1.54) is 0 Å². The van der Waals surface area contributed by atoms with Gasteiger partial charge >= 0.3 is 0 Å². The second-order valence-corrected chi connectivity index (χ2v) is 2.65. The largest absolute Gasteiger partial charge is 0.330 e. The molecule has 1 aliphatic heterocycles. The van der Waals surface area contributed by atoms with Crippen LogP contribution in [0.15, 0.2) is 0 Å². The third-order valence-corrected chi connectivity index (χ3v) is 1.91. The molecule has 10 heavy (non-hydrogen) atoms. The molecule has 1 rings (SSSR count). The monoisotopic (exact) mass is 150 g/mol. The molecule has 60 valence electrons. The van der Waals surface area contributed by atoms with Crippen molar-refractivity contribution < 1.29 is 8.78 Å². The summed E-state index contributed by atoms with van der Waals surface area (Å²) in [6.45, 7) is 0.826. The third kappa shape index (κ3) is 1.44. The Hall–Kier alpha value is -0.220. The van der Waals surface area contributed by atoms with Crippen LogP contribution in [0.2, 0.25) is 0 Å². The van der Waals surface area contributed by atoms with Crippen molar-refractivity contribution in [2.24, 2.45) is 11.7 Å². The Morgan fingerprint density at radius 2 is 2.30 bits per heavy atom. The van der Waals surface area contributed by atoms with Crippen molar-refractivity contribution in [1.82, 2.24) is 5.32 Å². The molecule has 0 spiro atoms. The first kappa shape index (κ1) is 7.88. The van der Waals surface area contributed by atoms with Crippen molar-refractivity contribution in [3.63, 3.8) is 0 Å². The SMILES string of the molecule is NC[C@H]1CNCCC1(F)F. The van der Waals surface area contributed by atoms with Crippen LogP contribution in [0.25, 0.3) is 0 Å². The number of rotatable bonds is 1. The zero-order valence-electron chi connectivity index (χ0n) is 5.74. The summed E-state index contributed by atoms with van der Waals surface area (Å²) in [4.78, 5) is 0. The molecule has 1 atom stereocenters. The van der Waals surface area contributed by atoms with Crippen LogP contribution in [0.3, 0.4) is 0 Å². The van der Waals surface area contributed by atoms with E-state index >= 15 is 0 Å². The van der Waals surface area contributed by atoms with Crippen LogP contribution < -0.4 is 11.1 Å². The van der Waals surface area contributed by atoms with E-state index in [-0.39, 0.29) is 13.0 Å². The van der Waals surface area contributed by atoms with Gasteiger partial charge in [0.15, 0.2) is 0 Å². The predicted molar refractivity (Wildman–Crippen MR) is 35.0 cm³/mol. The van der Waals surface area contributed by atoms with Crippen molar-refractivity contribution in [2.75, 3.05) is 19.6 Å². The summed E-state index contributed by atoms with van der Waals surface area (Å²) in [5, 5.41) is 2.88. The molecule has 2 nitrogen and oxygen atoms in total. The minimum absolute atomic E-state index is 0.0694. The number of hydrogen-bond donors (Lipinski definition) is 2. The zero-order valence-corrected chi connectivity index (χ0v) is 5.74. The maximum atomic E-state index is 12.7. The van der Waals surface area contributed by atoms with E-state index in [2.05, 4.69) is 5.32 Å². The van der Waals surface area contributed by atoms with Crippen LogP contribution in [0.4, 0.5) is 8.78 Å². The molecule has 1 aliphatic rings. The Labute approximate surface area is 58.8 Å². The van der Waals surface area contributed by atoms with E-state index in [0.29, 0.717) is 13.1 Å². The van der Waals surface area contributed by atoms with Gasteiger partial charge in [-0.3, -0.25) is 0 Å². The second-order valence-electron chi connectivity index (χ2n) is 2.65. The quantitative estimate of drug-likeness (QED) is 0.560. The molecule has 0 amide bonds. The molecule has 0 aromatic rings. The van der Waals surface area contributed by atoms with Crippen molar-refractivity contribution in [3.8, 4) is 0 Å². The van der Waals surface area contributed by atoms with Gasteiger partial charge in [0.05, 0.1) is 0 Å². The van der Waals surface area contributed by atoms with Crippen LogP contribution in [-0.2, 0) is 0 Å². The minimum atomic E-state index is -2.54. The number of halogens is 2. The molecule has 3 N–H and O–H groups in total. The molecule has 0 radical (unpaired) electrons. The lowest BCUT2D eigenvalue weighted by atomic mass is 9.95. The fourth-order valence-electron chi connectivity index (χ4n) is 1.14. The van der Waals surface area contributed by atoms with Gasteiger partial charge in [-0.2, -0.15) is 0 Å². The lowest BCUT2D eigenvalue weighted by Gasteiger charge is -2.30. The van der Waals surface area contributed by atoms with Gasteiger partial charge in [0, 0.05) is 32.0 Å². The topological polar surface area (TPSA) is 38.0 Å². The van der Waals surface area contributed by atoms with E-state index in [9.17, 15) is 8.78 Å². The fraction of sp³-hybridized carbons (Fsp3) is 1.00. The van der Waals surface area contributed by atoms with Gasteiger partial charge < -0.3 is 11.1 Å². The second kappa shape index (κ2) is 2.80. The Morgan fingerprint density at radius 3 is 2.70 bits per heavy atom. The van der Waals surface area contributed by atoms with Crippen molar-refractivity contribution >= 4 is 0 Å². The van der Waals surface area contributed by atoms with Gasteiger partial charge in [-0.15, -0.1) is 0 Å². The number of nitrogens with one attached hydrogen (secondary N) is 1.